The van der Waals surface area contributed by atoms with Gasteiger partial charge in [0.25, 0.3) is 0 Å². The van der Waals surface area contributed by atoms with E-state index in [4.69, 9.17) is 39.5 Å². The summed E-state index contributed by atoms with van der Waals surface area (Å²) >= 11 is 18.4. The van der Waals surface area contributed by atoms with Crippen molar-refractivity contribution in [1.82, 2.24) is 0 Å². The number of allylic oxidation sites excluding steroid dienone is 2. The van der Waals surface area contributed by atoms with E-state index in [0.717, 1.165) is 0 Å². The van der Waals surface area contributed by atoms with Crippen LogP contribution in [0.5, 0.6) is 11.5 Å². The fourth-order valence-corrected chi connectivity index (χ4v) is 3.47. The highest BCUT2D eigenvalue weighted by Crippen LogP contribution is 2.34. The zero-order valence-corrected chi connectivity index (χ0v) is 17.0. The monoisotopic (exact) mass is 443 g/mol. The maximum absolute atomic E-state index is 12.8. The largest absolute Gasteiger partial charge is 0.456 e. The van der Waals surface area contributed by atoms with E-state index < -0.39 is 5.78 Å². The van der Waals surface area contributed by atoms with Gasteiger partial charge in [-0.05, 0) is 42.5 Å². The van der Waals surface area contributed by atoms with Crippen molar-refractivity contribution in [1.29, 1.82) is 0 Å². The molecule has 0 atom stereocenters. The van der Waals surface area contributed by atoms with Gasteiger partial charge in [0.15, 0.2) is 0 Å². The molecule has 3 aromatic carbocycles. The first-order valence-electron chi connectivity index (χ1n) is 8.52. The van der Waals surface area contributed by atoms with Crippen LogP contribution in [0.25, 0.3) is 0 Å². The number of Topliss-reactive ketones (excluding diaryl/α,β-unsaturated/α-hetero) is 2. The first-order valence-corrected chi connectivity index (χ1v) is 9.65. The van der Waals surface area contributed by atoms with Crippen LogP contribution in [0.15, 0.2) is 77.5 Å². The molecule has 4 nitrogen and oxygen atoms in total. The number of ketones is 2. The maximum atomic E-state index is 12.8. The van der Waals surface area contributed by atoms with Crippen LogP contribution in [0.3, 0.4) is 0 Å². The van der Waals surface area contributed by atoms with E-state index in [1.165, 1.54) is 0 Å². The molecule has 3 aromatic rings. The molecule has 0 fully saturated rings. The molecule has 0 spiro atoms. The Hall–Kier alpha value is -2.79. The highest BCUT2D eigenvalue weighted by molar-refractivity contribution is 6.50. The summed E-state index contributed by atoms with van der Waals surface area (Å²) < 4.78 is 5.74. The summed E-state index contributed by atoms with van der Waals surface area (Å²) in [5.41, 5.74) is 1.10. The third-order valence-corrected chi connectivity index (χ3v) is 5.21. The summed E-state index contributed by atoms with van der Waals surface area (Å²) in [5.74, 6) is 0.240. The first kappa shape index (κ1) is 19.5. The molecule has 144 valence electrons. The third-order valence-electron chi connectivity index (χ3n) is 4.30. The molecule has 29 heavy (non-hydrogen) atoms. The van der Waals surface area contributed by atoms with Gasteiger partial charge in [0, 0.05) is 21.8 Å². The van der Waals surface area contributed by atoms with E-state index >= 15 is 0 Å². The molecule has 0 aromatic heterocycles. The maximum Gasteiger partial charge on any atom is 0.211 e. The Labute approximate surface area is 181 Å². The summed E-state index contributed by atoms with van der Waals surface area (Å²) in [6, 6.07) is 18.3. The van der Waals surface area contributed by atoms with Crippen molar-refractivity contribution in [3.63, 3.8) is 0 Å². The summed E-state index contributed by atoms with van der Waals surface area (Å²) in [5, 5.41) is 3.67. The number of hydrogen-bond donors (Lipinski definition) is 1. The number of anilines is 1. The molecule has 0 amide bonds. The highest BCUT2D eigenvalue weighted by Gasteiger charge is 2.31. The molecule has 4 rings (SSSR count). The predicted octanol–water partition coefficient (Wildman–Crippen LogP) is 6.73. The third kappa shape index (κ3) is 3.87. The van der Waals surface area contributed by atoms with Crippen LogP contribution in [0.2, 0.25) is 10.0 Å². The normalized spacial score (nSPS) is 13.3. The second-order valence-corrected chi connectivity index (χ2v) is 7.44. The van der Waals surface area contributed by atoms with Gasteiger partial charge in [-0.3, -0.25) is 9.59 Å². The fraction of sp³-hybridized carbons (Fsp3) is 0. The number of halogens is 3. The molecule has 0 saturated heterocycles. The van der Waals surface area contributed by atoms with E-state index in [1.54, 1.807) is 66.7 Å². The van der Waals surface area contributed by atoms with E-state index in [0.29, 0.717) is 32.8 Å². The van der Waals surface area contributed by atoms with Gasteiger partial charge in [0.05, 0.1) is 5.02 Å². The Balaban J connectivity index is 1.59. The van der Waals surface area contributed by atoms with Gasteiger partial charge in [-0.15, -0.1) is 0 Å². The van der Waals surface area contributed by atoms with Gasteiger partial charge in [-0.25, -0.2) is 0 Å². The average molecular weight is 445 g/mol. The predicted molar refractivity (Wildman–Crippen MR) is 115 cm³/mol. The molecular formula is C22H12Cl3NO3. The molecule has 0 heterocycles. The number of nitrogens with one attached hydrogen (secondary N) is 1. The number of hydrogen-bond acceptors (Lipinski definition) is 4. The molecule has 0 unspecified atom stereocenters. The van der Waals surface area contributed by atoms with Crippen molar-refractivity contribution in [2.45, 2.75) is 0 Å². The van der Waals surface area contributed by atoms with Crippen molar-refractivity contribution in [2.24, 2.45) is 0 Å². The molecule has 0 radical (unpaired) electrons. The molecule has 0 saturated carbocycles. The van der Waals surface area contributed by atoms with Gasteiger partial charge < -0.3 is 10.1 Å². The second-order valence-electron chi connectivity index (χ2n) is 6.22. The van der Waals surface area contributed by atoms with Crippen molar-refractivity contribution in [3.05, 3.63) is 98.6 Å². The summed E-state index contributed by atoms with van der Waals surface area (Å²) in [7, 11) is 0. The summed E-state index contributed by atoms with van der Waals surface area (Å²) in [6.07, 6.45) is 0. The number of carbonyl (C=O) groups excluding carboxylic acids is 2. The van der Waals surface area contributed by atoms with Gasteiger partial charge in [0.2, 0.25) is 11.6 Å². The summed E-state index contributed by atoms with van der Waals surface area (Å²) in [6.45, 7) is 0. The highest BCUT2D eigenvalue weighted by atomic mass is 35.5. The zero-order chi connectivity index (χ0) is 20.5. The van der Waals surface area contributed by atoms with Crippen molar-refractivity contribution in [3.8, 4) is 11.5 Å². The quantitative estimate of drug-likeness (QED) is 0.485. The Morgan fingerprint density at radius 3 is 2.07 bits per heavy atom. The SMILES string of the molecule is O=C1C(Cl)=C(Nc2ccc(Oc3ccc(Cl)cc3)c(Cl)c2)C(=O)c2ccccc21. The van der Waals surface area contributed by atoms with Crippen LogP contribution in [-0.4, -0.2) is 11.6 Å². The lowest BCUT2D eigenvalue weighted by Crippen LogP contribution is -2.24. The topological polar surface area (TPSA) is 55.4 Å². The van der Waals surface area contributed by atoms with E-state index in [9.17, 15) is 9.59 Å². The number of carbonyl (C=O) groups is 2. The van der Waals surface area contributed by atoms with Crippen LogP contribution < -0.4 is 10.1 Å². The fourth-order valence-electron chi connectivity index (χ4n) is 2.89. The van der Waals surface area contributed by atoms with Crippen molar-refractivity contribution >= 4 is 52.1 Å². The van der Waals surface area contributed by atoms with Crippen LogP contribution in [-0.2, 0) is 0 Å². The van der Waals surface area contributed by atoms with Gasteiger partial charge >= 0.3 is 0 Å². The van der Waals surface area contributed by atoms with E-state index in [-0.39, 0.29) is 22.1 Å². The lowest BCUT2D eigenvalue weighted by atomic mass is 9.92. The van der Waals surface area contributed by atoms with Gasteiger partial charge in [-0.2, -0.15) is 0 Å². The van der Waals surface area contributed by atoms with Crippen LogP contribution in [0, 0.1) is 0 Å². The zero-order valence-electron chi connectivity index (χ0n) is 14.7. The van der Waals surface area contributed by atoms with Crippen LogP contribution in [0.4, 0.5) is 5.69 Å². The smallest absolute Gasteiger partial charge is 0.211 e. The lowest BCUT2D eigenvalue weighted by Gasteiger charge is -2.19. The van der Waals surface area contributed by atoms with Crippen molar-refractivity contribution in [2.75, 3.05) is 5.32 Å². The first-order chi connectivity index (χ1) is 13.9. The second kappa shape index (κ2) is 7.91. The van der Waals surface area contributed by atoms with Crippen LogP contribution in [0.1, 0.15) is 20.7 Å². The van der Waals surface area contributed by atoms with Gasteiger partial charge in [0.1, 0.15) is 22.2 Å². The minimum Gasteiger partial charge on any atom is -0.456 e. The van der Waals surface area contributed by atoms with Crippen molar-refractivity contribution < 1.29 is 14.3 Å². The summed E-state index contributed by atoms with van der Waals surface area (Å²) in [4.78, 5) is 25.2. The minimum atomic E-state index is -0.404. The lowest BCUT2D eigenvalue weighted by molar-refractivity contribution is 0.0982. The number of ether oxygens (including phenoxy) is 1. The molecule has 1 aliphatic carbocycles. The molecule has 1 aliphatic rings. The Morgan fingerprint density at radius 1 is 0.759 bits per heavy atom. The average Bonchev–Trinajstić information content (AvgIpc) is 2.73. The molecular weight excluding hydrogens is 433 g/mol. The number of benzene rings is 3. The molecule has 7 heteroatoms. The van der Waals surface area contributed by atoms with Crippen LogP contribution >= 0.6 is 34.8 Å². The number of fused-ring (bicyclic) bond motifs is 1. The van der Waals surface area contributed by atoms with Gasteiger partial charge in [-0.1, -0.05) is 59.1 Å². The van der Waals surface area contributed by atoms with E-state index in [1.807, 2.05) is 0 Å². The Kier molecular flexibility index (Phi) is 5.33. The number of rotatable bonds is 4. The molecule has 1 N–H and O–H groups in total. The molecule has 0 aliphatic heterocycles. The molecule has 0 bridgehead atoms. The Morgan fingerprint density at radius 2 is 1.41 bits per heavy atom. The standard InChI is InChI=1S/C22H12Cl3NO3/c23-12-5-8-14(9-6-12)29-18-10-7-13(11-17(18)24)26-20-19(25)21(27)15-3-1-2-4-16(15)22(20)28/h1-11,26H. The van der Waals surface area contributed by atoms with E-state index in [2.05, 4.69) is 5.32 Å². The minimum absolute atomic E-state index is 0.0119. The Bertz CT molecular complexity index is 1170.